The average molecular weight is 354 g/mol. The maximum atomic E-state index is 11.9. The van der Waals surface area contributed by atoms with Crippen molar-refractivity contribution in [3.05, 3.63) is 29.8 Å². The lowest BCUT2D eigenvalue weighted by Crippen LogP contribution is -2.13. The van der Waals surface area contributed by atoms with Crippen molar-refractivity contribution < 1.29 is 9.59 Å². The van der Waals surface area contributed by atoms with E-state index in [1.54, 1.807) is 0 Å². The molecule has 22 heavy (non-hydrogen) atoms. The molecule has 1 heterocycles. The normalized spacial score (nSPS) is 10.4. The van der Waals surface area contributed by atoms with Crippen LogP contribution in [-0.2, 0) is 9.59 Å². The second kappa shape index (κ2) is 8.16. The summed E-state index contributed by atoms with van der Waals surface area (Å²) in [5, 5.41) is 10.7. The number of hydrogen-bond donors (Lipinski definition) is 2. The van der Waals surface area contributed by atoms with Crippen LogP contribution in [0.1, 0.15) is 5.56 Å². The van der Waals surface area contributed by atoms with Crippen LogP contribution >= 0.6 is 34.9 Å². The van der Waals surface area contributed by atoms with Crippen molar-refractivity contribution in [2.45, 2.75) is 15.6 Å². The molecule has 0 spiro atoms. The van der Waals surface area contributed by atoms with Gasteiger partial charge in [0, 0.05) is 5.69 Å². The van der Waals surface area contributed by atoms with E-state index in [1.165, 1.54) is 34.9 Å². The molecule has 0 saturated heterocycles. The van der Waals surface area contributed by atoms with E-state index < -0.39 is 5.91 Å². The molecule has 1 aromatic carbocycles. The molecule has 0 aliphatic rings. The molecule has 1 aromatic heterocycles. The minimum absolute atomic E-state index is 0.0999. The number of benzene rings is 1. The van der Waals surface area contributed by atoms with Crippen molar-refractivity contribution in [2.24, 2.45) is 5.73 Å². The summed E-state index contributed by atoms with van der Waals surface area (Å²) >= 11 is 3.90. The first kappa shape index (κ1) is 16.8. The van der Waals surface area contributed by atoms with Crippen LogP contribution in [0.3, 0.4) is 0 Å². The number of primary amides is 1. The summed E-state index contributed by atoms with van der Waals surface area (Å²) in [6, 6.07) is 7.62. The van der Waals surface area contributed by atoms with E-state index in [4.69, 9.17) is 5.73 Å². The van der Waals surface area contributed by atoms with Gasteiger partial charge in [-0.2, -0.15) is 0 Å². The summed E-state index contributed by atoms with van der Waals surface area (Å²) in [6.45, 7) is 1.97. The summed E-state index contributed by atoms with van der Waals surface area (Å²) in [5.74, 6) is -0.0694. The summed E-state index contributed by atoms with van der Waals surface area (Å²) < 4.78 is 1.35. The zero-order valence-electron chi connectivity index (χ0n) is 11.7. The van der Waals surface area contributed by atoms with Crippen molar-refractivity contribution in [1.82, 2.24) is 10.2 Å². The Labute approximate surface area is 140 Å². The van der Waals surface area contributed by atoms with Crippen molar-refractivity contribution >= 4 is 52.4 Å². The van der Waals surface area contributed by atoms with E-state index >= 15 is 0 Å². The molecule has 3 N–H and O–H groups in total. The molecule has 116 valence electrons. The highest BCUT2D eigenvalue weighted by atomic mass is 32.2. The number of aromatic nitrogens is 2. The van der Waals surface area contributed by atoms with Crippen LogP contribution in [0.2, 0.25) is 0 Å². The van der Waals surface area contributed by atoms with E-state index in [1.807, 2.05) is 31.2 Å². The summed E-state index contributed by atoms with van der Waals surface area (Å²) in [6.07, 6.45) is 0. The molecule has 0 unspecified atom stereocenters. The summed E-state index contributed by atoms with van der Waals surface area (Å²) in [7, 11) is 0. The number of aryl methyl sites for hydroxylation is 1. The molecule has 0 atom stereocenters. The molecule has 6 nitrogen and oxygen atoms in total. The SMILES string of the molecule is Cc1cccc(NC(=O)CSc2nnc(SCC(N)=O)s2)c1. The fourth-order valence-electron chi connectivity index (χ4n) is 1.49. The molecule has 0 radical (unpaired) electrons. The maximum absolute atomic E-state index is 11.9. The van der Waals surface area contributed by atoms with Gasteiger partial charge in [0.1, 0.15) is 0 Å². The Kier molecular flexibility index (Phi) is 6.22. The first-order valence-electron chi connectivity index (χ1n) is 6.27. The molecule has 2 amide bonds. The number of amides is 2. The van der Waals surface area contributed by atoms with E-state index in [2.05, 4.69) is 15.5 Å². The third-order valence-corrected chi connectivity index (χ3v) is 5.57. The van der Waals surface area contributed by atoms with Crippen molar-refractivity contribution in [3.63, 3.8) is 0 Å². The number of carbonyl (C=O) groups excluding carboxylic acids is 2. The van der Waals surface area contributed by atoms with E-state index in [0.717, 1.165) is 11.3 Å². The van der Waals surface area contributed by atoms with Gasteiger partial charge in [-0.3, -0.25) is 9.59 Å². The second-order valence-corrected chi connectivity index (χ2v) is 7.72. The molecule has 0 aliphatic carbocycles. The number of hydrogen-bond acceptors (Lipinski definition) is 7. The zero-order chi connectivity index (χ0) is 15.9. The van der Waals surface area contributed by atoms with Crippen LogP contribution in [0.25, 0.3) is 0 Å². The average Bonchev–Trinajstić information content (AvgIpc) is 2.91. The molecule has 2 rings (SSSR count). The molecule has 0 saturated carbocycles. The Balaban J connectivity index is 1.80. The van der Waals surface area contributed by atoms with Gasteiger partial charge in [-0.15, -0.1) is 10.2 Å². The molecule has 0 fully saturated rings. The number of carbonyl (C=O) groups is 2. The highest BCUT2D eigenvalue weighted by Gasteiger charge is 2.09. The minimum atomic E-state index is -0.396. The van der Waals surface area contributed by atoms with Crippen LogP contribution in [0.4, 0.5) is 5.69 Å². The van der Waals surface area contributed by atoms with Crippen molar-refractivity contribution in [2.75, 3.05) is 16.8 Å². The lowest BCUT2D eigenvalue weighted by molar-refractivity contribution is -0.115. The summed E-state index contributed by atoms with van der Waals surface area (Å²) in [4.78, 5) is 22.6. The fraction of sp³-hybridized carbons (Fsp3) is 0.231. The number of rotatable bonds is 7. The van der Waals surface area contributed by atoms with Crippen molar-refractivity contribution in [1.29, 1.82) is 0 Å². The van der Waals surface area contributed by atoms with Gasteiger partial charge in [0.05, 0.1) is 11.5 Å². The largest absolute Gasteiger partial charge is 0.369 e. The number of nitrogens with one attached hydrogen (secondary N) is 1. The fourth-order valence-corrected chi connectivity index (χ4v) is 4.05. The van der Waals surface area contributed by atoms with Crippen LogP contribution in [0.15, 0.2) is 32.9 Å². The van der Waals surface area contributed by atoms with Gasteiger partial charge in [-0.05, 0) is 24.6 Å². The topological polar surface area (TPSA) is 98.0 Å². The quantitative estimate of drug-likeness (QED) is 0.739. The Morgan fingerprint density at radius 1 is 1.23 bits per heavy atom. The molecule has 0 bridgehead atoms. The standard InChI is InChI=1S/C13H14N4O2S3/c1-8-3-2-4-9(5-8)15-11(19)7-21-13-17-16-12(22-13)20-6-10(14)18/h2-5H,6-7H2,1H3,(H2,14,18)(H,15,19). The number of nitrogens with two attached hydrogens (primary N) is 1. The molecular formula is C13H14N4O2S3. The highest BCUT2D eigenvalue weighted by Crippen LogP contribution is 2.28. The summed E-state index contributed by atoms with van der Waals surface area (Å²) in [5.41, 5.74) is 6.93. The lowest BCUT2D eigenvalue weighted by atomic mass is 10.2. The number of anilines is 1. The Morgan fingerprint density at radius 2 is 1.91 bits per heavy atom. The number of thioether (sulfide) groups is 2. The third kappa shape index (κ3) is 5.66. The lowest BCUT2D eigenvalue weighted by Gasteiger charge is -2.04. The van der Waals surface area contributed by atoms with Gasteiger partial charge < -0.3 is 11.1 Å². The maximum Gasteiger partial charge on any atom is 0.234 e. The van der Waals surface area contributed by atoms with E-state index in [0.29, 0.717) is 8.68 Å². The van der Waals surface area contributed by atoms with Gasteiger partial charge in [-0.1, -0.05) is 47.0 Å². The van der Waals surface area contributed by atoms with E-state index in [-0.39, 0.29) is 17.4 Å². The smallest absolute Gasteiger partial charge is 0.234 e. The van der Waals surface area contributed by atoms with Crippen LogP contribution in [-0.4, -0.2) is 33.5 Å². The Hall–Kier alpha value is -1.58. The molecule has 0 aliphatic heterocycles. The molecular weight excluding hydrogens is 340 g/mol. The van der Waals surface area contributed by atoms with Crippen LogP contribution < -0.4 is 11.1 Å². The monoisotopic (exact) mass is 354 g/mol. The van der Waals surface area contributed by atoms with Gasteiger partial charge in [0.15, 0.2) is 8.68 Å². The zero-order valence-corrected chi connectivity index (χ0v) is 14.2. The third-order valence-electron chi connectivity index (χ3n) is 2.35. The van der Waals surface area contributed by atoms with Gasteiger partial charge in [0.25, 0.3) is 0 Å². The van der Waals surface area contributed by atoms with Gasteiger partial charge >= 0.3 is 0 Å². The first-order chi connectivity index (χ1) is 10.5. The second-order valence-electron chi connectivity index (χ2n) is 4.30. The first-order valence-corrected chi connectivity index (χ1v) is 9.05. The van der Waals surface area contributed by atoms with Crippen molar-refractivity contribution in [3.8, 4) is 0 Å². The van der Waals surface area contributed by atoms with E-state index in [9.17, 15) is 9.59 Å². The molecule has 9 heteroatoms. The predicted molar refractivity (Wildman–Crippen MR) is 90.4 cm³/mol. The van der Waals surface area contributed by atoms with Gasteiger partial charge in [-0.25, -0.2) is 0 Å². The van der Waals surface area contributed by atoms with Crippen LogP contribution in [0.5, 0.6) is 0 Å². The Bertz CT molecular complexity index is 675. The minimum Gasteiger partial charge on any atom is -0.369 e. The molecule has 2 aromatic rings. The van der Waals surface area contributed by atoms with Crippen LogP contribution in [0, 0.1) is 6.92 Å². The van der Waals surface area contributed by atoms with Gasteiger partial charge in [0.2, 0.25) is 11.8 Å². The predicted octanol–water partition coefficient (Wildman–Crippen LogP) is 2.15. The number of nitrogens with zero attached hydrogens (tertiary/aromatic N) is 2. The Morgan fingerprint density at radius 3 is 2.55 bits per heavy atom. The highest BCUT2D eigenvalue weighted by molar-refractivity contribution is 8.03.